The van der Waals surface area contributed by atoms with Gasteiger partial charge in [0.2, 0.25) is 5.89 Å². The van der Waals surface area contributed by atoms with Gasteiger partial charge in [-0.3, -0.25) is 9.21 Å². The van der Waals surface area contributed by atoms with Gasteiger partial charge >= 0.3 is 22.3 Å². The summed E-state index contributed by atoms with van der Waals surface area (Å²) in [6.07, 6.45) is -4.82. The third-order valence-corrected chi connectivity index (χ3v) is 7.85. The maximum absolute atomic E-state index is 15.1. The molecule has 36 heavy (non-hydrogen) atoms. The topological polar surface area (TPSA) is 82.8 Å². The van der Waals surface area contributed by atoms with Crippen LogP contribution in [0.2, 0.25) is 0 Å². The molecule has 0 aliphatic carbocycles. The summed E-state index contributed by atoms with van der Waals surface area (Å²) in [5.41, 5.74) is 0.333. The fraction of sp³-hybridized carbons (Fsp3) is 0.391. The largest absolute Gasteiger partial charge is 0.470 e. The molecule has 13 heteroatoms. The average molecular weight is 528 g/mol. The Hall–Kier alpha value is -3.03. The van der Waals surface area contributed by atoms with Crippen molar-refractivity contribution in [2.75, 3.05) is 30.5 Å². The number of nitrogens with zero attached hydrogens (tertiary/aromatic N) is 5. The second-order valence-corrected chi connectivity index (χ2v) is 10.4. The van der Waals surface area contributed by atoms with E-state index in [1.165, 1.54) is 16.4 Å². The molecule has 0 bridgehead atoms. The van der Waals surface area contributed by atoms with E-state index < -0.39 is 34.0 Å². The van der Waals surface area contributed by atoms with Crippen molar-refractivity contribution in [1.82, 2.24) is 19.4 Å². The Balaban J connectivity index is 1.61. The van der Waals surface area contributed by atoms with Crippen LogP contribution in [-0.4, -0.2) is 60.0 Å². The number of halogens is 4. The molecule has 1 aliphatic rings. The van der Waals surface area contributed by atoms with Crippen LogP contribution in [0, 0.1) is 5.82 Å². The molecule has 8 nitrogen and oxygen atoms in total. The van der Waals surface area contributed by atoms with Gasteiger partial charge in [0.1, 0.15) is 5.82 Å². The third kappa shape index (κ3) is 5.52. The minimum Gasteiger partial charge on any atom is -0.413 e. The summed E-state index contributed by atoms with van der Waals surface area (Å²) in [7, 11) is -4.01. The quantitative estimate of drug-likeness (QED) is 0.429. The molecule has 1 saturated heterocycles. The van der Waals surface area contributed by atoms with Gasteiger partial charge in [-0.1, -0.05) is 24.3 Å². The first-order valence-corrected chi connectivity index (χ1v) is 12.6. The Morgan fingerprint density at radius 3 is 2.25 bits per heavy atom. The van der Waals surface area contributed by atoms with Crippen LogP contribution in [0.3, 0.4) is 0 Å². The van der Waals surface area contributed by atoms with Crippen LogP contribution in [0.1, 0.15) is 25.3 Å². The maximum Gasteiger partial charge on any atom is 0.470 e. The van der Waals surface area contributed by atoms with Crippen LogP contribution in [0.25, 0.3) is 11.5 Å². The first-order chi connectivity index (χ1) is 17.0. The Kier molecular flexibility index (Phi) is 7.34. The van der Waals surface area contributed by atoms with Gasteiger partial charge < -0.3 is 4.42 Å². The van der Waals surface area contributed by atoms with E-state index in [1.807, 2.05) is 13.8 Å². The molecular formula is C23H25F4N5O3S. The number of anilines is 1. The van der Waals surface area contributed by atoms with E-state index in [4.69, 9.17) is 0 Å². The summed E-state index contributed by atoms with van der Waals surface area (Å²) in [5, 5.41) is 6.27. The number of hydrogen-bond donors (Lipinski definition) is 0. The van der Waals surface area contributed by atoms with Crippen molar-refractivity contribution in [2.45, 2.75) is 32.6 Å². The number of hydrogen-bond acceptors (Lipinski definition) is 6. The van der Waals surface area contributed by atoms with Crippen molar-refractivity contribution in [3.63, 3.8) is 0 Å². The molecule has 194 valence electrons. The molecule has 1 aromatic heterocycles. The van der Waals surface area contributed by atoms with Crippen molar-refractivity contribution in [3.05, 3.63) is 65.8 Å². The first-order valence-electron chi connectivity index (χ1n) is 11.2. The molecule has 0 radical (unpaired) electrons. The summed E-state index contributed by atoms with van der Waals surface area (Å²) < 4.78 is 87.7. The van der Waals surface area contributed by atoms with E-state index in [2.05, 4.69) is 19.5 Å². The van der Waals surface area contributed by atoms with Crippen LogP contribution in [0.5, 0.6) is 0 Å². The second kappa shape index (κ2) is 10.1. The van der Waals surface area contributed by atoms with E-state index in [-0.39, 0.29) is 17.7 Å². The molecule has 1 aliphatic heterocycles. The van der Waals surface area contributed by atoms with Crippen molar-refractivity contribution >= 4 is 15.9 Å². The van der Waals surface area contributed by atoms with Crippen molar-refractivity contribution < 1.29 is 30.4 Å². The lowest BCUT2D eigenvalue weighted by atomic mass is 10.1. The summed E-state index contributed by atoms with van der Waals surface area (Å²) in [6.45, 7) is 5.52. The van der Waals surface area contributed by atoms with Gasteiger partial charge in [-0.05, 0) is 38.1 Å². The lowest BCUT2D eigenvalue weighted by Crippen LogP contribution is -2.54. The molecule has 0 N–H and O–H groups in total. The monoisotopic (exact) mass is 527 g/mol. The number of rotatable bonds is 7. The minimum absolute atomic E-state index is 0.0301. The number of alkyl halides is 3. The summed E-state index contributed by atoms with van der Waals surface area (Å²) in [6, 6.07) is 12.2. The van der Waals surface area contributed by atoms with E-state index in [1.54, 1.807) is 30.3 Å². The fourth-order valence-electron chi connectivity index (χ4n) is 3.91. The smallest absolute Gasteiger partial charge is 0.413 e. The summed E-state index contributed by atoms with van der Waals surface area (Å²) in [5.74, 6) is -2.86. The third-order valence-electron chi connectivity index (χ3n) is 5.93. The van der Waals surface area contributed by atoms with Crippen molar-refractivity contribution in [2.24, 2.45) is 0 Å². The molecule has 3 aromatic rings. The highest BCUT2D eigenvalue weighted by molar-refractivity contribution is 7.90. The molecule has 0 unspecified atom stereocenters. The molecule has 4 rings (SSSR count). The van der Waals surface area contributed by atoms with Gasteiger partial charge in [-0.15, -0.1) is 10.2 Å². The van der Waals surface area contributed by atoms with Gasteiger partial charge in [0, 0.05) is 43.3 Å². The molecule has 0 spiro atoms. The van der Waals surface area contributed by atoms with Crippen LogP contribution in [0.4, 0.5) is 23.2 Å². The molecule has 2 aromatic carbocycles. The van der Waals surface area contributed by atoms with Gasteiger partial charge in [0.25, 0.3) is 0 Å². The Morgan fingerprint density at radius 1 is 1.03 bits per heavy atom. The van der Waals surface area contributed by atoms with Crippen LogP contribution in [0.15, 0.2) is 52.9 Å². The van der Waals surface area contributed by atoms with Crippen LogP contribution in [-0.2, 0) is 22.9 Å². The zero-order chi connectivity index (χ0) is 26.1. The Labute approximate surface area is 206 Å². The van der Waals surface area contributed by atoms with Crippen LogP contribution >= 0.6 is 0 Å². The van der Waals surface area contributed by atoms with Crippen molar-refractivity contribution in [1.29, 1.82) is 0 Å². The normalized spacial score (nSPS) is 16.0. The Morgan fingerprint density at radius 2 is 1.69 bits per heavy atom. The minimum atomic E-state index is -4.82. The number of piperazine rings is 1. The average Bonchev–Trinajstić information content (AvgIpc) is 3.35. The maximum atomic E-state index is 15.1. The van der Waals surface area contributed by atoms with Gasteiger partial charge in [-0.25, -0.2) is 4.39 Å². The molecule has 0 saturated carbocycles. The van der Waals surface area contributed by atoms with E-state index in [9.17, 15) is 21.6 Å². The Bertz CT molecular complexity index is 1290. The lowest BCUT2D eigenvalue weighted by Gasteiger charge is -2.38. The highest BCUT2D eigenvalue weighted by atomic mass is 32.2. The SMILES string of the molecule is CC(C)N1CCN(S(=O)(=O)N(Cc2ccc(-c3nnc(C(F)(F)F)o3)cc2F)c2ccccc2)CC1. The van der Waals surface area contributed by atoms with Gasteiger partial charge in [0.15, 0.2) is 0 Å². The first kappa shape index (κ1) is 26.0. The summed E-state index contributed by atoms with van der Waals surface area (Å²) in [4.78, 5) is 2.18. The number of para-hydroxylation sites is 1. The zero-order valence-electron chi connectivity index (χ0n) is 19.6. The van der Waals surface area contributed by atoms with E-state index in [0.29, 0.717) is 37.9 Å². The second-order valence-electron chi connectivity index (χ2n) is 8.60. The molecular weight excluding hydrogens is 502 g/mol. The molecule has 1 fully saturated rings. The van der Waals surface area contributed by atoms with E-state index >= 15 is 4.39 Å². The molecule has 0 atom stereocenters. The molecule has 0 amide bonds. The van der Waals surface area contributed by atoms with Gasteiger partial charge in [0.05, 0.1) is 12.2 Å². The fourth-order valence-corrected chi connectivity index (χ4v) is 5.50. The number of benzene rings is 2. The highest BCUT2D eigenvalue weighted by Gasteiger charge is 2.38. The standard InChI is InChI=1S/C23H25F4N5O3S/c1-16(2)30-10-12-31(13-11-30)36(33,34)32(19-6-4-3-5-7-19)15-18-9-8-17(14-20(18)24)21-28-29-22(35-21)23(25,26)27/h3-9,14,16H,10-13,15H2,1-2H3. The predicted molar refractivity (Wildman–Crippen MR) is 125 cm³/mol. The molecule has 2 heterocycles. The predicted octanol–water partition coefficient (Wildman–Crippen LogP) is 4.17. The highest BCUT2D eigenvalue weighted by Crippen LogP contribution is 2.31. The lowest BCUT2D eigenvalue weighted by molar-refractivity contribution is -0.156. The number of aromatic nitrogens is 2. The van der Waals surface area contributed by atoms with Crippen LogP contribution < -0.4 is 4.31 Å². The zero-order valence-corrected chi connectivity index (χ0v) is 20.4. The van der Waals surface area contributed by atoms with E-state index in [0.717, 1.165) is 10.4 Å². The van der Waals surface area contributed by atoms with Gasteiger partial charge in [-0.2, -0.15) is 25.9 Å². The summed E-state index contributed by atoms with van der Waals surface area (Å²) >= 11 is 0. The van der Waals surface area contributed by atoms with Crippen molar-refractivity contribution in [3.8, 4) is 11.5 Å².